The van der Waals surface area contributed by atoms with E-state index in [0.717, 1.165) is 25.0 Å². The van der Waals surface area contributed by atoms with Gasteiger partial charge >= 0.3 is 0 Å². The molecule has 116 valence electrons. The van der Waals surface area contributed by atoms with Crippen LogP contribution in [0.15, 0.2) is 17.0 Å². The fourth-order valence-corrected chi connectivity index (χ4v) is 2.54. The zero-order valence-corrected chi connectivity index (χ0v) is 13.3. The van der Waals surface area contributed by atoms with Gasteiger partial charge in [-0.25, -0.2) is 4.98 Å². The molecule has 0 aliphatic carbocycles. The average Bonchev–Trinajstić information content (AvgIpc) is 3.01. The smallest absolute Gasteiger partial charge is 0.227 e. The van der Waals surface area contributed by atoms with Crippen molar-refractivity contribution < 1.29 is 4.52 Å². The van der Waals surface area contributed by atoms with Crippen molar-refractivity contribution in [3.63, 3.8) is 0 Å². The van der Waals surface area contributed by atoms with Gasteiger partial charge in [0.05, 0.1) is 12.5 Å². The molecule has 0 fully saturated rings. The molecule has 0 aliphatic heterocycles. The number of nitrogens with two attached hydrogens (primary N) is 1. The molecule has 21 heavy (non-hydrogen) atoms. The van der Waals surface area contributed by atoms with E-state index in [1.807, 2.05) is 11.6 Å². The van der Waals surface area contributed by atoms with Gasteiger partial charge in [0, 0.05) is 13.5 Å². The topological polar surface area (TPSA) is 82.8 Å². The van der Waals surface area contributed by atoms with Gasteiger partial charge in [-0.15, -0.1) is 0 Å². The van der Waals surface area contributed by atoms with E-state index in [1.165, 1.54) is 0 Å². The lowest BCUT2D eigenvalue weighted by Gasteiger charge is -2.30. The number of nitrogens with zero attached hydrogens (tertiary/aromatic N) is 4. The number of imidazole rings is 1. The van der Waals surface area contributed by atoms with Crippen molar-refractivity contribution in [3.8, 4) is 11.5 Å². The normalized spacial score (nSPS) is 13.6. The van der Waals surface area contributed by atoms with Gasteiger partial charge in [-0.1, -0.05) is 25.9 Å². The third-order valence-corrected chi connectivity index (χ3v) is 3.96. The lowest BCUT2D eigenvalue weighted by atomic mass is 9.76. The van der Waals surface area contributed by atoms with Crippen LogP contribution in [-0.4, -0.2) is 26.2 Å². The quantitative estimate of drug-likeness (QED) is 0.883. The SMILES string of the molecule is Cn1cncc1-c1noc(CCC(CCN)C(C)(C)C)n1. The van der Waals surface area contributed by atoms with Crippen LogP contribution in [0, 0.1) is 11.3 Å². The minimum Gasteiger partial charge on any atom is -0.339 e. The Labute approximate surface area is 125 Å². The molecule has 2 rings (SSSR count). The standard InChI is InChI=1S/C15H25N5O/c1-15(2,3)11(7-8-16)5-6-13-18-14(19-21-13)12-9-17-10-20(12)4/h9-11H,5-8,16H2,1-4H3. The van der Waals surface area contributed by atoms with E-state index >= 15 is 0 Å². The van der Waals surface area contributed by atoms with Gasteiger partial charge in [-0.05, 0) is 30.7 Å². The Morgan fingerprint density at radius 3 is 2.67 bits per heavy atom. The van der Waals surface area contributed by atoms with Crippen molar-refractivity contribution in [1.29, 1.82) is 0 Å². The third kappa shape index (κ3) is 3.91. The summed E-state index contributed by atoms with van der Waals surface area (Å²) in [5, 5.41) is 4.03. The molecule has 1 unspecified atom stereocenters. The van der Waals surface area contributed by atoms with Gasteiger partial charge in [-0.3, -0.25) is 0 Å². The molecule has 0 spiro atoms. The van der Waals surface area contributed by atoms with E-state index < -0.39 is 0 Å². The van der Waals surface area contributed by atoms with Crippen LogP contribution in [0.4, 0.5) is 0 Å². The van der Waals surface area contributed by atoms with E-state index in [-0.39, 0.29) is 5.41 Å². The highest BCUT2D eigenvalue weighted by Crippen LogP contribution is 2.32. The molecule has 0 bridgehead atoms. The maximum absolute atomic E-state index is 5.72. The third-order valence-electron chi connectivity index (χ3n) is 3.96. The summed E-state index contributed by atoms with van der Waals surface area (Å²) in [4.78, 5) is 8.52. The molecule has 6 nitrogen and oxygen atoms in total. The average molecular weight is 291 g/mol. The molecule has 6 heteroatoms. The molecule has 0 saturated heterocycles. The summed E-state index contributed by atoms with van der Waals surface area (Å²) in [5.41, 5.74) is 6.82. The Bertz CT molecular complexity index is 567. The van der Waals surface area contributed by atoms with Crippen LogP contribution in [0.1, 0.15) is 39.5 Å². The van der Waals surface area contributed by atoms with Gasteiger partial charge in [-0.2, -0.15) is 4.98 Å². The number of aromatic nitrogens is 4. The Balaban J connectivity index is 2.01. The zero-order valence-electron chi connectivity index (χ0n) is 13.3. The molecule has 2 aromatic rings. The highest BCUT2D eigenvalue weighted by Gasteiger charge is 2.24. The summed E-state index contributed by atoms with van der Waals surface area (Å²) in [6.45, 7) is 7.47. The van der Waals surface area contributed by atoms with Crippen LogP contribution in [0.2, 0.25) is 0 Å². The number of hydrogen-bond donors (Lipinski definition) is 1. The lowest BCUT2D eigenvalue weighted by molar-refractivity contribution is 0.208. The second kappa shape index (κ2) is 6.39. The van der Waals surface area contributed by atoms with Gasteiger partial charge in [0.25, 0.3) is 0 Å². The summed E-state index contributed by atoms with van der Waals surface area (Å²) in [7, 11) is 1.91. The van der Waals surface area contributed by atoms with Crippen molar-refractivity contribution in [2.45, 2.75) is 40.0 Å². The highest BCUT2D eigenvalue weighted by atomic mass is 16.5. The summed E-state index contributed by atoms with van der Waals surface area (Å²) in [6, 6.07) is 0. The number of rotatable bonds is 6. The molecule has 0 aromatic carbocycles. The Morgan fingerprint density at radius 1 is 1.33 bits per heavy atom. The number of hydrogen-bond acceptors (Lipinski definition) is 5. The van der Waals surface area contributed by atoms with E-state index in [4.69, 9.17) is 10.3 Å². The molecule has 2 N–H and O–H groups in total. The first-order valence-corrected chi connectivity index (χ1v) is 7.41. The van der Waals surface area contributed by atoms with Crippen molar-refractivity contribution >= 4 is 0 Å². The van der Waals surface area contributed by atoms with Gasteiger partial charge in [0.1, 0.15) is 5.69 Å². The van der Waals surface area contributed by atoms with Gasteiger partial charge in [0.15, 0.2) is 0 Å². The molecule has 2 aromatic heterocycles. The Hall–Kier alpha value is -1.69. The highest BCUT2D eigenvalue weighted by molar-refractivity contribution is 5.46. The first-order valence-electron chi connectivity index (χ1n) is 7.41. The van der Waals surface area contributed by atoms with Crippen LogP contribution in [0.5, 0.6) is 0 Å². The molecule has 1 atom stereocenters. The van der Waals surface area contributed by atoms with E-state index in [2.05, 4.69) is 35.9 Å². The minimum absolute atomic E-state index is 0.240. The maximum atomic E-state index is 5.72. The Morgan fingerprint density at radius 2 is 2.10 bits per heavy atom. The molecular weight excluding hydrogens is 266 g/mol. The van der Waals surface area contributed by atoms with Crippen molar-refractivity contribution in [3.05, 3.63) is 18.4 Å². The van der Waals surface area contributed by atoms with E-state index in [1.54, 1.807) is 12.5 Å². The fourth-order valence-electron chi connectivity index (χ4n) is 2.54. The summed E-state index contributed by atoms with van der Waals surface area (Å²) in [5.74, 6) is 1.82. The number of aryl methyl sites for hydroxylation is 2. The summed E-state index contributed by atoms with van der Waals surface area (Å²) >= 11 is 0. The molecule has 0 radical (unpaired) electrons. The molecular formula is C15H25N5O. The predicted molar refractivity (Wildman–Crippen MR) is 81.4 cm³/mol. The zero-order chi connectivity index (χ0) is 15.5. The summed E-state index contributed by atoms with van der Waals surface area (Å²) in [6.07, 6.45) is 6.27. The summed E-state index contributed by atoms with van der Waals surface area (Å²) < 4.78 is 7.23. The van der Waals surface area contributed by atoms with Gasteiger partial charge in [0.2, 0.25) is 11.7 Å². The van der Waals surface area contributed by atoms with Crippen LogP contribution < -0.4 is 5.73 Å². The van der Waals surface area contributed by atoms with E-state index in [0.29, 0.717) is 24.2 Å². The van der Waals surface area contributed by atoms with Crippen molar-refractivity contribution in [2.75, 3.05) is 6.54 Å². The molecule has 0 saturated carbocycles. The van der Waals surface area contributed by atoms with E-state index in [9.17, 15) is 0 Å². The van der Waals surface area contributed by atoms with Crippen molar-refractivity contribution in [1.82, 2.24) is 19.7 Å². The van der Waals surface area contributed by atoms with Crippen LogP contribution in [-0.2, 0) is 13.5 Å². The molecule has 2 heterocycles. The minimum atomic E-state index is 0.240. The molecule has 0 amide bonds. The molecule has 0 aliphatic rings. The van der Waals surface area contributed by atoms with Gasteiger partial charge < -0.3 is 14.8 Å². The largest absolute Gasteiger partial charge is 0.339 e. The fraction of sp³-hybridized carbons (Fsp3) is 0.667. The maximum Gasteiger partial charge on any atom is 0.227 e. The Kier molecular flexibility index (Phi) is 4.77. The lowest BCUT2D eigenvalue weighted by Crippen LogP contribution is -2.24. The van der Waals surface area contributed by atoms with Crippen molar-refractivity contribution in [2.24, 2.45) is 24.1 Å². The van der Waals surface area contributed by atoms with Crippen LogP contribution in [0.25, 0.3) is 11.5 Å². The first kappa shape index (κ1) is 15.7. The second-order valence-electron chi connectivity index (χ2n) is 6.58. The second-order valence-corrected chi connectivity index (χ2v) is 6.58. The van der Waals surface area contributed by atoms with Crippen LogP contribution >= 0.6 is 0 Å². The predicted octanol–water partition coefficient (Wildman–Crippen LogP) is 2.41. The van der Waals surface area contributed by atoms with Crippen LogP contribution in [0.3, 0.4) is 0 Å². The monoisotopic (exact) mass is 291 g/mol. The first-order chi connectivity index (χ1) is 9.91.